The third kappa shape index (κ3) is 4.16. The average Bonchev–Trinajstić information content (AvgIpc) is 2.80. The van der Waals surface area contributed by atoms with E-state index in [1.807, 2.05) is 6.92 Å². The Balaban J connectivity index is 2.47. The van der Waals surface area contributed by atoms with Crippen molar-refractivity contribution >= 4 is 0 Å². The van der Waals surface area contributed by atoms with Crippen molar-refractivity contribution in [3.05, 3.63) is 12.7 Å². The highest BCUT2D eigenvalue weighted by molar-refractivity contribution is 5.06. The Morgan fingerprint density at radius 1 is 1.53 bits per heavy atom. The number of nitrogens with one attached hydrogen (secondary N) is 1. The Labute approximate surface area is 103 Å². The van der Waals surface area contributed by atoms with E-state index in [0.717, 1.165) is 25.8 Å². The molecule has 17 heavy (non-hydrogen) atoms. The van der Waals surface area contributed by atoms with Crippen molar-refractivity contribution in [1.29, 1.82) is 5.26 Å². The molecule has 1 rings (SSSR count). The fraction of sp³-hybridized carbons (Fsp3) is 0.750. The van der Waals surface area contributed by atoms with Gasteiger partial charge in [0.05, 0.1) is 6.07 Å². The summed E-state index contributed by atoms with van der Waals surface area (Å²) in [6.45, 7) is 7.00. The second-order valence-corrected chi connectivity index (χ2v) is 4.61. The SMILES string of the molecule is CCC(C#N)(CCCn1cncn1)NC(C)C. The molecular weight excluding hydrogens is 214 g/mol. The van der Waals surface area contributed by atoms with Crippen LogP contribution in [0.2, 0.25) is 0 Å². The van der Waals surface area contributed by atoms with Gasteiger partial charge in [0.2, 0.25) is 0 Å². The maximum absolute atomic E-state index is 9.34. The number of nitriles is 1. The Kier molecular flexibility index (Phi) is 5.11. The van der Waals surface area contributed by atoms with Crippen LogP contribution in [-0.4, -0.2) is 26.3 Å². The molecule has 0 aliphatic carbocycles. The van der Waals surface area contributed by atoms with Gasteiger partial charge in [-0.05, 0) is 33.1 Å². The lowest BCUT2D eigenvalue weighted by Gasteiger charge is -2.29. The van der Waals surface area contributed by atoms with Crippen molar-refractivity contribution in [1.82, 2.24) is 20.1 Å². The Morgan fingerprint density at radius 2 is 2.29 bits per heavy atom. The monoisotopic (exact) mass is 235 g/mol. The number of aromatic nitrogens is 3. The molecule has 0 saturated carbocycles. The maximum Gasteiger partial charge on any atom is 0.137 e. The molecule has 1 unspecified atom stereocenters. The summed E-state index contributed by atoms with van der Waals surface area (Å²) in [4.78, 5) is 3.90. The van der Waals surface area contributed by atoms with Gasteiger partial charge in [0.1, 0.15) is 18.2 Å². The molecule has 1 atom stereocenters. The third-order valence-electron chi connectivity index (χ3n) is 2.84. The minimum Gasteiger partial charge on any atom is -0.297 e. The molecular formula is C12H21N5. The second-order valence-electron chi connectivity index (χ2n) is 4.61. The zero-order chi connectivity index (χ0) is 12.7. The summed E-state index contributed by atoms with van der Waals surface area (Å²) in [5, 5.41) is 16.8. The molecule has 5 nitrogen and oxygen atoms in total. The largest absolute Gasteiger partial charge is 0.297 e. The van der Waals surface area contributed by atoms with Gasteiger partial charge in [-0.15, -0.1) is 0 Å². The van der Waals surface area contributed by atoms with Crippen molar-refractivity contribution < 1.29 is 0 Å². The quantitative estimate of drug-likeness (QED) is 0.781. The first-order valence-electron chi connectivity index (χ1n) is 6.13. The number of aryl methyl sites for hydroxylation is 1. The van der Waals surface area contributed by atoms with Crippen LogP contribution in [0.1, 0.15) is 40.0 Å². The van der Waals surface area contributed by atoms with Crippen molar-refractivity contribution in [3.63, 3.8) is 0 Å². The Bertz CT molecular complexity index is 351. The van der Waals surface area contributed by atoms with Gasteiger partial charge in [-0.25, -0.2) is 4.98 Å². The lowest BCUT2D eigenvalue weighted by Crippen LogP contribution is -2.47. The highest BCUT2D eigenvalue weighted by atomic mass is 15.3. The first kappa shape index (κ1) is 13.7. The molecule has 1 N–H and O–H groups in total. The first-order valence-corrected chi connectivity index (χ1v) is 6.13. The molecule has 0 saturated heterocycles. The van der Waals surface area contributed by atoms with Crippen LogP contribution in [0.3, 0.4) is 0 Å². The van der Waals surface area contributed by atoms with Crippen LogP contribution in [0, 0.1) is 11.3 Å². The number of rotatable bonds is 7. The van der Waals surface area contributed by atoms with E-state index in [9.17, 15) is 5.26 Å². The molecule has 0 aliphatic heterocycles. The molecule has 0 fully saturated rings. The zero-order valence-electron chi connectivity index (χ0n) is 10.8. The minimum absolute atomic E-state index is 0.320. The third-order valence-corrected chi connectivity index (χ3v) is 2.84. The van der Waals surface area contributed by atoms with Crippen LogP contribution in [0.5, 0.6) is 0 Å². The van der Waals surface area contributed by atoms with Crippen molar-refractivity contribution in [2.24, 2.45) is 0 Å². The molecule has 94 valence electrons. The van der Waals surface area contributed by atoms with E-state index in [0.29, 0.717) is 6.04 Å². The molecule has 0 amide bonds. The van der Waals surface area contributed by atoms with Crippen LogP contribution in [-0.2, 0) is 6.54 Å². The fourth-order valence-corrected chi connectivity index (χ4v) is 1.96. The summed E-state index contributed by atoms with van der Waals surface area (Å²) in [5.74, 6) is 0. The average molecular weight is 235 g/mol. The molecule has 0 bridgehead atoms. The summed E-state index contributed by atoms with van der Waals surface area (Å²) < 4.78 is 1.80. The lowest BCUT2D eigenvalue weighted by atomic mass is 9.91. The van der Waals surface area contributed by atoms with E-state index < -0.39 is 5.54 Å². The number of nitrogens with zero attached hydrogens (tertiary/aromatic N) is 4. The molecule has 0 aliphatic rings. The van der Waals surface area contributed by atoms with E-state index in [1.165, 1.54) is 6.33 Å². The molecule has 0 aromatic carbocycles. The smallest absolute Gasteiger partial charge is 0.137 e. The second kappa shape index (κ2) is 6.36. The van der Waals surface area contributed by atoms with Crippen LogP contribution >= 0.6 is 0 Å². The summed E-state index contributed by atoms with van der Waals surface area (Å²) in [6, 6.07) is 2.74. The van der Waals surface area contributed by atoms with E-state index in [4.69, 9.17) is 0 Å². The van der Waals surface area contributed by atoms with Crippen molar-refractivity contribution in [3.8, 4) is 6.07 Å². The van der Waals surface area contributed by atoms with Crippen LogP contribution in [0.15, 0.2) is 12.7 Å². The summed E-state index contributed by atoms with van der Waals surface area (Å²) >= 11 is 0. The molecule has 5 heteroatoms. The van der Waals surface area contributed by atoms with Gasteiger partial charge >= 0.3 is 0 Å². The summed E-state index contributed by atoms with van der Waals surface area (Å²) in [5.41, 5.74) is -0.408. The molecule has 1 aromatic rings. The van der Waals surface area contributed by atoms with Crippen LogP contribution < -0.4 is 5.32 Å². The zero-order valence-corrected chi connectivity index (χ0v) is 10.8. The molecule has 1 aromatic heterocycles. The predicted molar refractivity (Wildman–Crippen MR) is 66.2 cm³/mol. The van der Waals surface area contributed by atoms with Gasteiger partial charge in [-0.3, -0.25) is 10.00 Å². The van der Waals surface area contributed by atoms with E-state index in [2.05, 4.69) is 35.3 Å². The van der Waals surface area contributed by atoms with Crippen molar-refractivity contribution in [2.75, 3.05) is 0 Å². The maximum atomic E-state index is 9.34. The van der Waals surface area contributed by atoms with Crippen LogP contribution in [0.4, 0.5) is 0 Å². The number of hydrogen-bond donors (Lipinski definition) is 1. The Morgan fingerprint density at radius 3 is 2.76 bits per heavy atom. The summed E-state index contributed by atoms with van der Waals surface area (Å²) in [7, 11) is 0. The van der Waals surface area contributed by atoms with Gasteiger partial charge in [-0.1, -0.05) is 6.92 Å². The first-order chi connectivity index (χ1) is 8.12. The number of hydrogen-bond acceptors (Lipinski definition) is 4. The van der Waals surface area contributed by atoms with E-state index in [-0.39, 0.29) is 0 Å². The van der Waals surface area contributed by atoms with E-state index >= 15 is 0 Å². The fourth-order valence-electron chi connectivity index (χ4n) is 1.96. The standard InChI is InChI=1S/C12H21N5/c1-4-12(8-13,16-11(2)3)6-5-7-17-10-14-9-15-17/h9-11,16H,4-7H2,1-3H3. The molecule has 0 spiro atoms. The summed E-state index contributed by atoms with van der Waals surface area (Å²) in [6.07, 6.45) is 5.81. The van der Waals surface area contributed by atoms with Crippen molar-refractivity contribution in [2.45, 2.75) is 58.2 Å². The van der Waals surface area contributed by atoms with Gasteiger partial charge in [0, 0.05) is 12.6 Å². The van der Waals surface area contributed by atoms with E-state index in [1.54, 1.807) is 11.0 Å². The van der Waals surface area contributed by atoms with Gasteiger partial charge in [0.25, 0.3) is 0 Å². The molecule has 0 radical (unpaired) electrons. The van der Waals surface area contributed by atoms with Gasteiger partial charge in [-0.2, -0.15) is 10.4 Å². The topological polar surface area (TPSA) is 66.5 Å². The Hall–Kier alpha value is -1.41. The minimum atomic E-state index is -0.408. The highest BCUT2D eigenvalue weighted by Crippen LogP contribution is 2.18. The normalized spacial score (nSPS) is 14.5. The van der Waals surface area contributed by atoms with Gasteiger partial charge in [0.15, 0.2) is 0 Å². The predicted octanol–water partition coefficient (Wildman–Crippen LogP) is 1.73. The molecule has 1 heterocycles. The van der Waals surface area contributed by atoms with Gasteiger partial charge < -0.3 is 0 Å². The van der Waals surface area contributed by atoms with Crippen LogP contribution in [0.25, 0.3) is 0 Å². The highest BCUT2D eigenvalue weighted by Gasteiger charge is 2.27. The lowest BCUT2D eigenvalue weighted by molar-refractivity contribution is 0.326.